The van der Waals surface area contributed by atoms with E-state index in [4.69, 9.17) is 0 Å². The maximum absolute atomic E-state index is 15.1. The SMILES string of the molecule is CCCc1cc(F)c(-c2c(O)cc(F)c(CCc3cc(F)c(F)c(F)c3)c2F)c(F)c1. The Labute approximate surface area is 173 Å². The van der Waals surface area contributed by atoms with Crippen LogP contribution in [0.4, 0.5) is 30.7 Å². The minimum Gasteiger partial charge on any atom is -0.507 e. The minimum atomic E-state index is -1.68. The van der Waals surface area contributed by atoms with Crippen LogP contribution in [0.1, 0.15) is 30.0 Å². The Bertz CT molecular complexity index is 1100. The van der Waals surface area contributed by atoms with Crippen molar-refractivity contribution in [1.82, 2.24) is 0 Å². The Morgan fingerprint density at radius 1 is 0.581 bits per heavy atom. The van der Waals surface area contributed by atoms with Crippen LogP contribution in [0, 0.1) is 40.7 Å². The number of hydrogen-bond donors (Lipinski definition) is 1. The molecule has 0 saturated carbocycles. The van der Waals surface area contributed by atoms with Crippen LogP contribution in [0.25, 0.3) is 11.1 Å². The van der Waals surface area contributed by atoms with Crippen LogP contribution in [0.5, 0.6) is 5.75 Å². The molecule has 0 spiro atoms. The maximum atomic E-state index is 15.1. The third-order valence-electron chi connectivity index (χ3n) is 4.89. The molecule has 0 heterocycles. The van der Waals surface area contributed by atoms with E-state index in [9.17, 15) is 31.4 Å². The number of halogens is 7. The fraction of sp³-hybridized carbons (Fsp3) is 0.217. The summed E-state index contributed by atoms with van der Waals surface area (Å²) in [6.45, 7) is 1.81. The molecule has 1 N–H and O–H groups in total. The van der Waals surface area contributed by atoms with Crippen molar-refractivity contribution >= 4 is 0 Å². The largest absolute Gasteiger partial charge is 0.507 e. The molecule has 0 saturated heterocycles. The average molecular weight is 442 g/mol. The third-order valence-corrected chi connectivity index (χ3v) is 4.89. The van der Waals surface area contributed by atoms with Gasteiger partial charge in [-0.05, 0) is 54.7 Å². The monoisotopic (exact) mass is 442 g/mol. The van der Waals surface area contributed by atoms with Crippen molar-refractivity contribution in [1.29, 1.82) is 0 Å². The Morgan fingerprint density at radius 3 is 1.65 bits per heavy atom. The lowest BCUT2D eigenvalue weighted by molar-refractivity contribution is 0.445. The Hall–Kier alpha value is -3.03. The summed E-state index contributed by atoms with van der Waals surface area (Å²) in [5.74, 6) is -10.5. The van der Waals surface area contributed by atoms with Crippen molar-refractivity contribution in [3.8, 4) is 16.9 Å². The molecule has 0 aromatic heterocycles. The molecule has 0 aliphatic rings. The molecule has 0 bridgehead atoms. The highest BCUT2D eigenvalue weighted by Gasteiger charge is 2.25. The molecule has 164 valence electrons. The zero-order valence-corrected chi connectivity index (χ0v) is 16.3. The van der Waals surface area contributed by atoms with Gasteiger partial charge in [-0.1, -0.05) is 13.3 Å². The molecular formula is C23H17F7O. The smallest absolute Gasteiger partial charge is 0.194 e. The predicted octanol–water partition coefficient (Wildman–Crippen LogP) is 6.77. The lowest BCUT2D eigenvalue weighted by atomic mass is 9.94. The molecule has 31 heavy (non-hydrogen) atoms. The molecule has 0 aliphatic heterocycles. The van der Waals surface area contributed by atoms with Crippen LogP contribution >= 0.6 is 0 Å². The van der Waals surface area contributed by atoms with Crippen LogP contribution in [0.2, 0.25) is 0 Å². The van der Waals surface area contributed by atoms with Gasteiger partial charge in [0.2, 0.25) is 0 Å². The molecule has 3 rings (SSSR count). The lowest BCUT2D eigenvalue weighted by Crippen LogP contribution is -2.05. The first-order valence-corrected chi connectivity index (χ1v) is 9.45. The quantitative estimate of drug-likeness (QED) is 0.330. The van der Waals surface area contributed by atoms with E-state index >= 15 is 4.39 Å². The van der Waals surface area contributed by atoms with Gasteiger partial charge in [-0.15, -0.1) is 0 Å². The standard InChI is InChI=1S/C23H17F7O/c1-2-3-11-6-15(25)20(16(26)7-11)21-19(31)10-14(24)13(22(21)29)5-4-12-8-17(27)23(30)18(28)9-12/h6-10,31H,2-5H2,1H3. The molecule has 0 fully saturated rings. The van der Waals surface area contributed by atoms with Crippen LogP contribution in [0.3, 0.4) is 0 Å². The second-order valence-electron chi connectivity index (χ2n) is 7.10. The summed E-state index contributed by atoms with van der Waals surface area (Å²) in [5, 5.41) is 10.0. The summed E-state index contributed by atoms with van der Waals surface area (Å²) in [4.78, 5) is 0. The van der Waals surface area contributed by atoms with Gasteiger partial charge < -0.3 is 5.11 Å². The highest BCUT2D eigenvalue weighted by molar-refractivity contribution is 5.73. The van der Waals surface area contributed by atoms with E-state index in [2.05, 4.69) is 0 Å². The molecule has 3 aromatic rings. The number of benzene rings is 3. The molecule has 0 atom stereocenters. The summed E-state index contributed by atoms with van der Waals surface area (Å²) in [5.41, 5.74) is -2.09. The van der Waals surface area contributed by atoms with Crippen LogP contribution in [0.15, 0.2) is 30.3 Å². The van der Waals surface area contributed by atoms with Crippen molar-refractivity contribution in [2.75, 3.05) is 0 Å². The highest BCUT2D eigenvalue weighted by Crippen LogP contribution is 2.39. The van der Waals surface area contributed by atoms with Gasteiger partial charge in [0.15, 0.2) is 17.5 Å². The van der Waals surface area contributed by atoms with E-state index in [1.165, 1.54) is 0 Å². The fourth-order valence-electron chi connectivity index (χ4n) is 3.43. The number of phenols is 1. The van der Waals surface area contributed by atoms with E-state index < -0.39 is 69.6 Å². The summed E-state index contributed by atoms with van der Waals surface area (Å²) < 4.78 is 98.3. The van der Waals surface area contributed by atoms with Gasteiger partial charge in [0, 0.05) is 11.6 Å². The average Bonchev–Trinajstić information content (AvgIpc) is 2.68. The lowest BCUT2D eigenvalue weighted by Gasteiger charge is -2.14. The Morgan fingerprint density at radius 2 is 1.10 bits per heavy atom. The fourth-order valence-corrected chi connectivity index (χ4v) is 3.43. The van der Waals surface area contributed by atoms with Gasteiger partial charge >= 0.3 is 0 Å². The molecular weight excluding hydrogens is 425 g/mol. The predicted molar refractivity (Wildman–Crippen MR) is 101 cm³/mol. The van der Waals surface area contributed by atoms with E-state index in [0.29, 0.717) is 36.6 Å². The van der Waals surface area contributed by atoms with Gasteiger partial charge in [0.25, 0.3) is 0 Å². The maximum Gasteiger partial charge on any atom is 0.194 e. The van der Waals surface area contributed by atoms with E-state index in [-0.39, 0.29) is 12.0 Å². The number of aromatic hydroxyl groups is 1. The summed E-state index contributed by atoms with van der Waals surface area (Å²) in [7, 11) is 0. The first kappa shape index (κ1) is 22.7. The van der Waals surface area contributed by atoms with Gasteiger partial charge in [0.1, 0.15) is 29.0 Å². The normalized spacial score (nSPS) is 11.2. The summed E-state index contributed by atoms with van der Waals surface area (Å²) in [6.07, 6.45) is 0.227. The highest BCUT2D eigenvalue weighted by atomic mass is 19.2. The molecule has 3 aromatic carbocycles. The van der Waals surface area contributed by atoms with Crippen molar-refractivity contribution in [3.63, 3.8) is 0 Å². The van der Waals surface area contributed by atoms with Crippen molar-refractivity contribution in [2.45, 2.75) is 32.6 Å². The van der Waals surface area contributed by atoms with Gasteiger partial charge in [-0.2, -0.15) is 0 Å². The van der Waals surface area contributed by atoms with Crippen molar-refractivity contribution < 1.29 is 35.8 Å². The molecule has 0 radical (unpaired) electrons. The number of hydrogen-bond acceptors (Lipinski definition) is 1. The van der Waals surface area contributed by atoms with Gasteiger partial charge in [0.05, 0.1) is 11.1 Å². The molecule has 0 amide bonds. The molecule has 8 heteroatoms. The van der Waals surface area contributed by atoms with Crippen LogP contribution in [-0.4, -0.2) is 5.11 Å². The number of rotatable bonds is 6. The second kappa shape index (κ2) is 8.99. The van der Waals surface area contributed by atoms with Crippen LogP contribution < -0.4 is 0 Å². The van der Waals surface area contributed by atoms with E-state index in [1.807, 2.05) is 0 Å². The topological polar surface area (TPSA) is 20.2 Å². The Kier molecular flexibility index (Phi) is 6.57. The molecule has 0 unspecified atom stereocenters. The van der Waals surface area contributed by atoms with Crippen molar-refractivity contribution in [2.24, 2.45) is 0 Å². The van der Waals surface area contributed by atoms with Crippen molar-refractivity contribution in [3.05, 3.63) is 87.7 Å². The van der Waals surface area contributed by atoms with Crippen LogP contribution in [-0.2, 0) is 19.3 Å². The zero-order chi connectivity index (χ0) is 22.9. The molecule has 0 aliphatic carbocycles. The second-order valence-corrected chi connectivity index (χ2v) is 7.10. The number of phenolic OH excluding ortho intramolecular Hbond substituents is 1. The summed E-state index contributed by atoms with van der Waals surface area (Å²) >= 11 is 0. The van der Waals surface area contributed by atoms with Gasteiger partial charge in [-0.25, -0.2) is 30.7 Å². The first-order chi connectivity index (χ1) is 14.6. The van der Waals surface area contributed by atoms with E-state index in [1.54, 1.807) is 6.92 Å². The molecule has 1 nitrogen and oxygen atoms in total. The third kappa shape index (κ3) is 4.52. The van der Waals surface area contributed by atoms with Gasteiger partial charge in [-0.3, -0.25) is 0 Å². The minimum absolute atomic E-state index is 0.0777. The first-order valence-electron chi connectivity index (χ1n) is 9.45. The number of aryl methyl sites for hydroxylation is 2. The zero-order valence-electron chi connectivity index (χ0n) is 16.3. The van der Waals surface area contributed by atoms with E-state index in [0.717, 1.165) is 12.1 Å². The Balaban J connectivity index is 2.03. The summed E-state index contributed by atoms with van der Waals surface area (Å²) in [6, 6.07) is 3.89.